The quantitative estimate of drug-likeness (QED) is 0.172. The fourth-order valence-electron chi connectivity index (χ4n) is 14.0. The van der Waals surface area contributed by atoms with Gasteiger partial charge >= 0.3 is 17.9 Å². The van der Waals surface area contributed by atoms with Gasteiger partial charge in [-0.2, -0.15) is 0 Å². The molecule has 326 valence electrons. The van der Waals surface area contributed by atoms with Crippen molar-refractivity contribution in [2.75, 3.05) is 33.2 Å². The molecule has 0 aliphatic heterocycles. The van der Waals surface area contributed by atoms with Crippen molar-refractivity contribution in [3.05, 3.63) is 11.1 Å². The number of fused-ring (bicyclic) bond motifs is 7. The molecule has 5 fully saturated rings. The first kappa shape index (κ1) is 44.8. The molecule has 9 unspecified atom stereocenters. The fourth-order valence-corrected chi connectivity index (χ4v) is 14.0. The molecule has 9 atom stereocenters. The van der Waals surface area contributed by atoms with Gasteiger partial charge in [0.05, 0.1) is 11.8 Å². The number of allylic oxidation sites excluding steroid dienone is 1. The molecule has 6 aliphatic carbocycles. The molecule has 1 N–H and O–H groups in total. The summed E-state index contributed by atoms with van der Waals surface area (Å²) in [6.07, 6.45) is 9.51. The van der Waals surface area contributed by atoms with Crippen LogP contribution in [0.1, 0.15) is 153 Å². The van der Waals surface area contributed by atoms with Crippen LogP contribution in [0.15, 0.2) is 11.1 Å². The summed E-state index contributed by atoms with van der Waals surface area (Å²) in [5.41, 5.74) is 0.239. The molecule has 0 aromatic rings. The standard InChI is InChI=1S/C48H76N2O8/c1-29(2)40-34(53)25-48(38(57-31(4)52)28-50(27-32-13-14-32)24-23-49(12)30(3)51)22-21-46(10)33(41(40)48)15-16-36-45(9)19-18-37(58-39(54)26-43(5,6)42(55)56)44(7,8)35(45)17-20-47(36,46)11/h29,32-33,35-38H,13-28H2,1-12H3,(H,55,56). The first-order valence-electron chi connectivity index (χ1n) is 22.7. The molecule has 0 bridgehead atoms. The van der Waals surface area contributed by atoms with E-state index in [-0.39, 0.29) is 63.7 Å². The number of carboxylic acids is 1. The summed E-state index contributed by atoms with van der Waals surface area (Å²) in [5, 5.41) is 9.66. The summed E-state index contributed by atoms with van der Waals surface area (Å²) in [6, 6.07) is 0. The molecule has 0 spiro atoms. The second-order valence-corrected chi connectivity index (χ2v) is 22.3. The Morgan fingerprint density at radius 1 is 0.862 bits per heavy atom. The molecule has 5 saturated carbocycles. The normalized spacial score (nSPS) is 36.1. The van der Waals surface area contributed by atoms with Crippen molar-refractivity contribution in [1.82, 2.24) is 9.80 Å². The molecule has 58 heavy (non-hydrogen) atoms. The highest BCUT2D eigenvalue weighted by Crippen LogP contribution is 2.77. The van der Waals surface area contributed by atoms with Crippen molar-refractivity contribution in [2.24, 2.45) is 62.1 Å². The van der Waals surface area contributed by atoms with Gasteiger partial charge < -0.3 is 19.5 Å². The number of aliphatic carboxylic acids is 1. The maximum absolute atomic E-state index is 14.5. The summed E-state index contributed by atoms with van der Waals surface area (Å²) in [6.45, 7) is 25.5. The largest absolute Gasteiger partial charge is 0.481 e. The number of carbonyl (C=O) groups is 5. The van der Waals surface area contributed by atoms with Crippen LogP contribution in [-0.2, 0) is 33.4 Å². The number of rotatable bonds is 14. The minimum absolute atomic E-state index is 0.00533. The Morgan fingerprint density at radius 2 is 1.53 bits per heavy atom. The zero-order valence-electron chi connectivity index (χ0n) is 38.1. The highest BCUT2D eigenvalue weighted by molar-refractivity contribution is 6.01. The molecule has 1 amide bonds. The van der Waals surface area contributed by atoms with Gasteiger partial charge in [0.1, 0.15) is 12.2 Å². The average Bonchev–Trinajstić information content (AvgIpc) is 3.87. The molecule has 0 aromatic heterocycles. The van der Waals surface area contributed by atoms with Gasteiger partial charge in [-0.3, -0.25) is 28.9 Å². The van der Waals surface area contributed by atoms with Gasteiger partial charge in [0.2, 0.25) is 5.91 Å². The van der Waals surface area contributed by atoms with Crippen LogP contribution in [0.5, 0.6) is 0 Å². The van der Waals surface area contributed by atoms with Crippen LogP contribution in [-0.4, -0.2) is 89.9 Å². The Hall–Kier alpha value is -2.75. The van der Waals surface area contributed by atoms with Crippen LogP contribution in [0.4, 0.5) is 0 Å². The van der Waals surface area contributed by atoms with E-state index in [9.17, 15) is 29.1 Å². The summed E-state index contributed by atoms with van der Waals surface area (Å²) < 4.78 is 12.7. The summed E-state index contributed by atoms with van der Waals surface area (Å²) in [7, 11) is 1.84. The van der Waals surface area contributed by atoms with Crippen LogP contribution in [0.2, 0.25) is 0 Å². The Morgan fingerprint density at radius 3 is 2.12 bits per heavy atom. The lowest BCUT2D eigenvalue weighted by atomic mass is 9.33. The van der Waals surface area contributed by atoms with E-state index in [1.807, 2.05) is 7.05 Å². The van der Waals surface area contributed by atoms with Gasteiger partial charge in [0.25, 0.3) is 0 Å². The van der Waals surface area contributed by atoms with Gasteiger partial charge in [-0.25, -0.2) is 0 Å². The SMILES string of the molecule is CC(=O)OC(CN(CCN(C)C(C)=O)CC1CC1)C12CCC3(C)C(CCC4C5(C)CCC(OC(=O)CC(C)(C)C(=O)O)C(C)(C)C5CCC43C)C1=C(C(C)C)C(=O)C2. The Bertz CT molecular complexity index is 1690. The number of hydrogen-bond acceptors (Lipinski definition) is 8. The maximum Gasteiger partial charge on any atom is 0.309 e. The number of Topliss-reactive ketones (excluding diaryl/α,β-unsaturated/α-hetero) is 1. The smallest absolute Gasteiger partial charge is 0.309 e. The number of amides is 1. The predicted molar refractivity (Wildman–Crippen MR) is 223 cm³/mol. The lowest BCUT2D eigenvalue weighted by Gasteiger charge is -2.72. The van der Waals surface area contributed by atoms with Crippen molar-refractivity contribution in [3.8, 4) is 0 Å². The molecule has 0 radical (unpaired) electrons. The Kier molecular flexibility index (Phi) is 12.1. The van der Waals surface area contributed by atoms with E-state index >= 15 is 0 Å². The molecule has 6 aliphatic rings. The zero-order valence-corrected chi connectivity index (χ0v) is 38.1. The van der Waals surface area contributed by atoms with E-state index in [0.29, 0.717) is 43.8 Å². The fraction of sp³-hybridized carbons (Fsp3) is 0.854. The molecule has 6 rings (SSSR count). The maximum atomic E-state index is 14.5. The number of hydrogen-bond donors (Lipinski definition) is 1. The average molecular weight is 809 g/mol. The second-order valence-electron chi connectivity index (χ2n) is 22.3. The Balaban J connectivity index is 1.32. The highest BCUT2D eigenvalue weighted by Gasteiger charge is 2.71. The van der Waals surface area contributed by atoms with Crippen molar-refractivity contribution >= 4 is 29.6 Å². The van der Waals surface area contributed by atoms with Crippen molar-refractivity contribution in [2.45, 2.75) is 165 Å². The third kappa shape index (κ3) is 7.61. The topological polar surface area (TPSA) is 131 Å². The number of nitrogens with zero attached hydrogens (tertiary/aromatic N) is 2. The van der Waals surface area contributed by atoms with E-state index in [1.54, 1.807) is 25.7 Å². The van der Waals surface area contributed by atoms with Gasteiger partial charge in [-0.15, -0.1) is 0 Å². The minimum Gasteiger partial charge on any atom is -0.481 e. The molecule has 0 heterocycles. The van der Waals surface area contributed by atoms with Gasteiger partial charge in [0, 0.05) is 64.3 Å². The van der Waals surface area contributed by atoms with E-state index < -0.39 is 28.9 Å². The number of esters is 2. The van der Waals surface area contributed by atoms with Crippen molar-refractivity contribution < 1.29 is 38.6 Å². The monoisotopic (exact) mass is 809 g/mol. The summed E-state index contributed by atoms with van der Waals surface area (Å²) in [5.74, 6) is 0.190. The highest BCUT2D eigenvalue weighted by atomic mass is 16.5. The van der Waals surface area contributed by atoms with Crippen LogP contribution in [0, 0.1) is 62.1 Å². The second kappa shape index (κ2) is 15.6. The van der Waals surface area contributed by atoms with Crippen LogP contribution >= 0.6 is 0 Å². The molecular formula is C48H76N2O8. The van der Waals surface area contributed by atoms with E-state index in [0.717, 1.165) is 63.5 Å². The summed E-state index contributed by atoms with van der Waals surface area (Å²) in [4.78, 5) is 68.9. The third-order valence-corrected chi connectivity index (χ3v) is 17.7. The van der Waals surface area contributed by atoms with E-state index in [1.165, 1.54) is 25.3 Å². The summed E-state index contributed by atoms with van der Waals surface area (Å²) >= 11 is 0. The third-order valence-electron chi connectivity index (χ3n) is 17.7. The van der Waals surface area contributed by atoms with E-state index in [4.69, 9.17) is 9.47 Å². The minimum atomic E-state index is -1.18. The lowest BCUT2D eigenvalue weighted by Crippen LogP contribution is -2.66. The van der Waals surface area contributed by atoms with Crippen LogP contribution in [0.3, 0.4) is 0 Å². The van der Waals surface area contributed by atoms with Crippen LogP contribution in [0.25, 0.3) is 0 Å². The molecule has 10 nitrogen and oxygen atoms in total. The molecule has 0 saturated heterocycles. The molecule has 10 heteroatoms. The molecule has 0 aromatic carbocycles. The van der Waals surface area contributed by atoms with Crippen molar-refractivity contribution in [1.29, 1.82) is 0 Å². The van der Waals surface area contributed by atoms with Gasteiger partial charge in [-0.1, -0.05) is 48.5 Å². The number of carbonyl (C=O) groups excluding carboxylic acids is 4. The number of carboxylic acid groups (broad SMARTS) is 1. The lowest BCUT2D eigenvalue weighted by molar-refractivity contribution is -0.235. The first-order chi connectivity index (χ1) is 26.8. The molecular weight excluding hydrogens is 733 g/mol. The first-order valence-corrected chi connectivity index (χ1v) is 22.7. The Labute approximate surface area is 349 Å². The van der Waals surface area contributed by atoms with Crippen LogP contribution < -0.4 is 0 Å². The van der Waals surface area contributed by atoms with E-state index in [2.05, 4.69) is 53.4 Å². The number of likely N-dealkylation sites (N-methyl/N-ethyl adjacent to an activating group) is 1. The number of ketones is 1. The van der Waals surface area contributed by atoms with Gasteiger partial charge in [0.15, 0.2) is 5.78 Å². The zero-order chi connectivity index (χ0) is 43.0. The van der Waals surface area contributed by atoms with Crippen molar-refractivity contribution in [3.63, 3.8) is 0 Å². The number of ether oxygens (including phenoxy) is 2. The van der Waals surface area contributed by atoms with Gasteiger partial charge in [-0.05, 0) is 135 Å². The predicted octanol–water partition coefficient (Wildman–Crippen LogP) is 8.50.